The van der Waals surface area contributed by atoms with E-state index in [0.717, 1.165) is 30.8 Å². The highest BCUT2D eigenvalue weighted by atomic mass is 16.5. The van der Waals surface area contributed by atoms with Crippen LogP contribution >= 0.6 is 0 Å². The first-order chi connectivity index (χ1) is 10.2. The Labute approximate surface area is 127 Å². The molecule has 0 fully saturated rings. The standard InChI is InChI=1S/C18H24N2O/c1-4-10-20-18(13-15-7-5-6-11-19-15)17-9-8-16(21-3)12-14(17)2/h5-9,11-12,18,20H,4,10,13H2,1-3H3. The number of pyridine rings is 1. The normalized spacial score (nSPS) is 12.1. The lowest BCUT2D eigenvalue weighted by molar-refractivity contribution is 0.413. The van der Waals surface area contributed by atoms with Gasteiger partial charge in [0.25, 0.3) is 0 Å². The lowest BCUT2D eigenvalue weighted by Crippen LogP contribution is -2.25. The number of benzene rings is 1. The molecule has 0 aliphatic heterocycles. The summed E-state index contributed by atoms with van der Waals surface area (Å²) in [6, 6.07) is 12.6. The van der Waals surface area contributed by atoms with Crippen LogP contribution in [0.4, 0.5) is 0 Å². The van der Waals surface area contributed by atoms with Crippen LogP contribution in [0, 0.1) is 6.92 Å². The molecule has 0 aliphatic rings. The molecule has 1 unspecified atom stereocenters. The van der Waals surface area contributed by atoms with Gasteiger partial charge in [0.1, 0.15) is 5.75 Å². The van der Waals surface area contributed by atoms with E-state index in [-0.39, 0.29) is 6.04 Å². The fourth-order valence-electron chi connectivity index (χ4n) is 2.50. The average molecular weight is 284 g/mol. The Morgan fingerprint density at radius 1 is 1.24 bits per heavy atom. The molecular formula is C18H24N2O. The molecule has 1 aromatic heterocycles. The van der Waals surface area contributed by atoms with Gasteiger partial charge < -0.3 is 10.1 Å². The van der Waals surface area contributed by atoms with E-state index >= 15 is 0 Å². The van der Waals surface area contributed by atoms with Gasteiger partial charge in [-0.05, 0) is 55.3 Å². The minimum absolute atomic E-state index is 0.283. The second kappa shape index (κ2) is 7.79. The van der Waals surface area contributed by atoms with E-state index < -0.39 is 0 Å². The highest BCUT2D eigenvalue weighted by Crippen LogP contribution is 2.25. The van der Waals surface area contributed by atoms with Crippen molar-refractivity contribution in [3.63, 3.8) is 0 Å². The summed E-state index contributed by atoms with van der Waals surface area (Å²) in [5, 5.41) is 3.63. The lowest BCUT2D eigenvalue weighted by atomic mass is 9.96. The van der Waals surface area contributed by atoms with E-state index in [9.17, 15) is 0 Å². The van der Waals surface area contributed by atoms with Crippen molar-refractivity contribution in [2.75, 3.05) is 13.7 Å². The molecule has 21 heavy (non-hydrogen) atoms. The van der Waals surface area contributed by atoms with Gasteiger partial charge >= 0.3 is 0 Å². The van der Waals surface area contributed by atoms with Crippen LogP contribution in [0.25, 0.3) is 0 Å². The molecule has 0 spiro atoms. The number of nitrogens with zero attached hydrogens (tertiary/aromatic N) is 1. The summed E-state index contributed by atoms with van der Waals surface area (Å²) in [7, 11) is 1.70. The van der Waals surface area contributed by atoms with Crippen LogP contribution in [0.15, 0.2) is 42.6 Å². The number of hydrogen-bond acceptors (Lipinski definition) is 3. The Morgan fingerprint density at radius 2 is 2.10 bits per heavy atom. The van der Waals surface area contributed by atoms with Gasteiger partial charge in [-0.3, -0.25) is 4.98 Å². The van der Waals surface area contributed by atoms with Crippen molar-refractivity contribution in [2.24, 2.45) is 0 Å². The van der Waals surface area contributed by atoms with Crippen molar-refractivity contribution in [1.82, 2.24) is 10.3 Å². The summed E-state index contributed by atoms with van der Waals surface area (Å²) in [6.45, 7) is 5.32. The third kappa shape index (κ3) is 4.30. The molecule has 1 heterocycles. The van der Waals surface area contributed by atoms with Crippen LogP contribution in [0.2, 0.25) is 0 Å². The summed E-state index contributed by atoms with van der Waals surface area (Å²) >= 11 is 0. The molecule has 0 bridgehead atoms. The number of aromatic nitrogens is 1. The first kappa shape index (κ1) is 15.5. The number of ether oxygens (including phenoxy) is 1. The minimum Gasteiger partial charge on any atom is -0.497 e. The summed E-state index contributed by atoms with van der Waals surface area (Å²) in [5.41, 5.74) is 3.68. The maximum absolute atomic E-state index is 5.30. The van der Waals surface area contributed by atoms with Crippen LogP contribution in [-0.4, -0.2) is 18.6 Å². The van der Waals surface area contributed by atoms with E-state index in [1.807, 2.05) is 24.4 Å². The summed E-state index contributed by atoms with van der Waals surface area (Å²) in [6.07, 6.45) is 3.87. The molecule has 1 atom stereocenters. The summed E-state index contributed by atoms with van der Waals surface area (Å²) < 4.78 is 5.30. The van der Waals surface area contributed by atoms with Gasteiger partial charge in [0.05, 0.1) is 7.11 Å². The smallest absolute Gasteiger partial charge is 0.119 e. The number of nitrogens with one attached hydrogen (secondary N) is 1. The number of rotatable bonds is 7. The van der Waals surface area contributed by atoms with Crippen LogP contribution in [0.1, 0.15) is 36.2 Å². The molecule has 2 aromatic rings. The van der Waals surface area contributed by atoms with E-state index in [4.69, 9.17) is 4.74 Å². The Bertz CT molecular complexity index is 554. The van der Waals surface area contributed by atoms with Gasteiger partial charge in [-0.2, -0.15) is 0 Å². The molecule has 0 radical (unpaired) electrons. The third-order valence-electron chi connectivity index (χ3n) is 3.63. The van der Waals surface area contributed by atoms with Crippen molar-refractivity contribution in [3.05, 3.63) is 59.4 Å². The molecule has 2 rings (SSSR count). The van der Waals surface area contributed by atoms with E-state index in [2.05, 4.69) is 42.3 Å². The van der Waals surface area contributed by atoms with Crippen LogP contribution in [-0.2, 0) is 6.42 Å². The van der Waals surface area contributed by atoms with E-state index in [0.29, 0.717) is 0 Å². The first-order valence-electron chi connectivity index (χ1n) is 7.52. The Balaban J connectivity index is 2.22. The highest BCUT2D eigenvalue weighted by Gasteiger charge is 2.15. The summed E-state index contributed by atoms with van der Waals surface area (Å²) in [5.74, 6) is 0.906. The zero-order valence-electron chi connectivity index (χ0n) is 13.1. The molecule has 0 saturated heterocycles. The first-order valence-corrected chi connectivity index (χ1v) is 7.52. The largest absolute Gasteiger partial charge is 0.497 e. The summed E-state index contributed by atoms with van der Waals surface area (Å²) in [4.78, 5) is 4.45. The van der Waals surface area contributed by atoms with Gasteiger partial charge in [-0.25, -0.2) is 0 Å². The fourth-order valence-corrected chi connectivity index (χ4v) is 2.50. The molecule has 0 saturated carbocycles. The zero-order chi connectivity index (χ0) is 15.1. The van der Waals surface area contributed by atoms with Crippen LogP contribution in [0.3, 0.4) is 0 Å². The van der Waals surface area contributed by atoms with Gasteiger partial charge in [0, 0.05) is 24.4 Å². The van der Waals surface area contributed by atoms with Crippen LogP contribution in [0.5, 0.6) is 5.75 Å². The zero-order valence-corrected chi connectivity index (χ0v) is 13.1. The second-order valence-electron chi connectivity index (χ2n) is 5.25. The lowest BCUT2D eigenvalue weighted by Gasteiger charge is -2.21. The molecule has 3 nitrogen and oxygen atoms in total. The second-order valence-corrected chi connectivity index (χ2v) is 5.25. The fraction of sp³-hybridized carbons (Fsp3) is 0.389. The Morgan fingerprint density at radius 3 is 2.71 bits per heavy atom. The maximum Gasteiger partial charge on any atom is 0.119 e. The topological polar surface area (TPSA) is 34.2 Å². The average Bonchev–Trinajstić information content (AvgIpc) is 2.52. The minimum atomic E-state index is 0.283. The van der Waals surface area contributed by atoms with Crippen molar-refractivity contribution < 1.29 is 4.74 Å². The Kier molecular flexibility index (Phi) is 5.76. The molecule has 1 N–H and O–H groups in total. The molecular weight excluding hydrogens is 260 g/mol. The number of methoxy groups -OCH3 is 1. The molecule has 1 aromatic carbocycles. The highest BCUT2D eigenvalue weighted by molar-refractivity contribution is 5.37. The van der Waals surface area contributed by atoms with Crippen molar-refractivity contribution in [3.8, 4) is 5.75 Å². The van der Waals surface area contributed by atoms with Gasteiger partial charge in [0.15, 0.2) is 0 Å². The van der Waals surface area contributed by atoms with Gasteiger partial charge in [-0.15, -0.1) is 0 Å². The monoisotopic (exact) mass is 284 g/mol. The number of hydrogen-bond donors (Lipinski definition) is 1. The third-order valence-corrected chi connectivity index (χ3v) is 3.63. The van der Waals surface area contributed by atoms with Crippen LogP contribution < -0.4 is 10.1 Å². The van der Waals surface area contributed by atoms with Gasteiger partial charge in [0.2, 0.25) is 0 Å². The SMILES string of the molecule is CCCNC(Cc1ccccn1)c1ccc(OC)cc1C. The molecule has 0 aliphatic carbocycles. The molecule has 0 amide bonds. The van der Waals surface area contributed by atoms with Crippen molar-refractivity contribution >= 4 is 0 Å². The quantitative estimate of drug-likeness (QED) is 0.842. The predicted octanol–water partition coefficient (Wildman–Crippen LogP) is 3.68. The molecule has 112 valence electrons. The van der Waals surface area contributed by atoms with E-state index in [1.54, 1.807) is 7.11 Å². The van der Waals surface area contributed by atoms with E-state index in [1.165, 1.54) is 11.1 Å². The predicted molar refractivity (Wildman–Crippen MR) is 86.7 cm³/mol. The number of aryl methyl sites for hydroxylation is 1. The van der Waals surface area contributed by atoms with Gasteiger partial charge in [-0.1, -0.05) is 19.1 Å². The Hall–Kier alpha value is -1.87. The molecule has 3 heteroatoms. The van der Waals surface area contributed by atoms with Crippen molar-refractivity contribution in [1.29, 1.82) is 0 Å². The van der Waals surface area contributed by atoms with Crippen molar-refractivity contribution in [2.45, 2.75) is 32.7 Å². The maximum atomic E-state index is 5.30.